The van der Waals surface area contributed by atoms with E-state index in [0.717, 1.165) is 31.4 Å². The third-order valence-corrected chi connectivity index (χ3v) is 6.73. The Morgan fingerprint density at radius 2 is 1.88 bits per heavy atom. The Bertz CT molecular complexity index is 674. The van der Waals surface area contributed by atoms with Crippen LogP contribution in [-0.2, 0) is 10.0 Å². The van der Waals surface area contributed by atoms with Crippen molar-refractivity contribution in [3.8, 4) is 5.75 Å². The highest BCUT2D eigenvalue weighted by Crippen LogP contribution is 2.30. The first-order chi connectivity index (χ1) is 11.4. The Hall–Kier alpha value is -1.11. The minimum absolute atomic E-state index is 0.0785. The number of rotatable bonds is 6. The molecule has 0 heterocycles. The number of nitrogens with one attached hydrogen (secondary N) is 1. The molecule has 5 nitrogen and oxygen atoms in total. The lowest BCUT2D eigenvalue weighted by atomic mass is 10.0. The zero-order valence-electron chi connectivity index (χ0n) is 14.3. The summed E-state index contributed by atoms with van der Waals surface area (Å²) in [4.78, 5) is 0.253. The molecule has 0 aliphatic heterocycles. The third kappa shape index (κ3) is 4.10. The van der Waals surface area contributed by atoms with Gasteiger partial charge in [-0.3, -0.25) is 0 Å². The number of benzene rings is 1. The number of aryl methyl sites for hydroxylation is 1. The Labute approximate surface area is 144 Å². The summed E-state index contributed by atoms with van der Waals surface area (Å²) in [7, 11) is -3.63. The zero-order chi connectivity index (χ0) is 17.2. The van der Waals surface area contributed by atoms with Crippen LogP contribution in [0.15, 0.2) is 23.1 Å². The molecule has 0 atom stereocenters. The van der Waals surface area contributed by atoms with Crippen LogP contribution in [0.2, 0.25) is 0 Å². The van der Waals surface area contributed by atoms with Crippen LogP contribution in [0, 0.1) is 6.92 Å². The lowest BCUT2D eigenvalue weighted by Gasteiger charge is -2.22. The van der Waals surface area contributed by atoms with Crippen molar-refractivity contribution in [3.63, 3.8) is 0 Å². The van der Waals surface area contributed by atoms with Crippen LogP contribution in [0.1, 0.15) is 56.9 Å². The summed E-state index contributed by atoms with van der Waals surface area (Å²) in [6.07, 6.45) is 7.99. The van der Waals surface area contributed by atoms with Gasteiger partial charge in [-0.05, 0) is 69.2 Å². The van der Waals surface area contributed by atoms with Gasteiger partial charge < -0.3 is 9.84 Å². The minimum Gasteiger partial charge on any atom is -0.490 e. The molecule has 2 aliphatic rings. The van der Waals surface area contributed by atoms with Gasteiger partial charge in [-0.1, -0.05) is 12.8 Å². The summed E-state index contributed by atoms with van der Waals surface area (Å²) in [5, 5.41) is 10.3. The standard InChI is InChI=1S/C18H27NO4S/c1-14-12-16(23-15-6-2-3-7-15)8-9-17(14)24(21,22)19-13-18(20)10-4-5-11-18/h8-9,12,15,19-20H,2-7,10-11,13H2,1H3. The average molecular weight is 353 g/mol. The molecule has 2 saturated carbocycles. The molecule has 0 saturated heterocycles. The van der Waals surface area contributed by atoms with Crippen molar-refractivity contribution in [3.05, 3.63) is 23.8 Å². The quantitative estimate of drug-likeness (QED) is 0.824. The maximum absolute atomic E-state index is 12.5. The van der Waals surface area contributed by atoms with Gasteiger partial charge in [0.25, 0.3) is 0 Å². The minimum atomic E-state index is -3.63. The molecular formula is C18H27NO4S. The molecule has 6 heteroatoms. The van der Waals surface area contributed by atoms with Gasteiger partial charge in [-0.15, -0.1) is 0 Å². The summed E-state index contributed by atoms with van der Waals surface area (Å²) < 4.78 is 33.6. The molecule has 0 radical (unpaired) electrons. The fourth-order valence-electron chi connectivity index (χ4n) is 3.71. The molecule has 0 amide bonds. The Kier molecular flexibility index (Phi) is 5.18. The Balaban J connectivity index is 1.68. The Morgan fingerprint density at radius 1 is 1.21 bits per heavy atom. The second-order valence-electron chi connectivity index (χ2n) is 7.21. The van der Waals surface area contributed by atoms with Crippen LogP contribution in [0.5, 0.6) is 5.75 Å². The van der Waals surface area contributed by atoms with Crippen LogP contribution in [0.25, 0.3) is 0 Å². The lowest BCUT2D eigenvalue weighted by molar-refractivity contribution is 0.0531. The molecule has 2 aliphatic carbocycles. The van der Waals surface area contributed by atoms with Crippen LogP contribution in [0.3, 0.4) is 0 Å². The highest BCUT2D eigenvalue weighted by molar-refractivity contribution is 7.89. The summed E-state index contributed by atoms with van der Waals surface area (Å²) in [6, 6.07) is 5.11. The lowest BCUT2D eigenvalue weighted by Crippen LogP contribution is -2.40. The second kappa shape index (κ2) is 7.02. The van der Waals surface area contributed by atoms with E-state index in [9.17, 15) is 13.5 Å². The van der Waals surface area contributed by atoms with Gasteiger partial charge in [0.05, 0.1) is 16.6 Å². The van der Waals surface area contributed by atoms with Crippen LogP contribution < -0.4 is 9.46 Å². The summed E-state index contributed by atoms with van der Waals surface area (Å²) in [5.41, 5.74) is -0.233. The fraction of sp³-hybridized carbons (Fsp3) is 0.667. The van der Waals surface area contributed by atoms with Crippen molar-refractivity contribution in [1.29, 1.82) is 0 Å². The van der Waals surface area contributed by atoms with E-state index in [4.69, 9.17) is 4.74 Å². The molecule has 3 rings (SSSR count). The second-order valence-corrected chi connectivity index (χ2v) is 8.94. The molecule has 2 N–H and O–H groups in total. The van der Waals surface area contributed by atoms with Crippen molar-refractivity contribution < 1.29 is 18.3 Å². The van der Waals surface area contributed by atoms with Crippen molar-refractivity contribution in [2.45, 2.75) is 74.9 Å². The third-order valence-electron chi connectivity index (χ3n) is 5.17. The predicted molar refractivity (Wildman–Crippen MR) is 92.7 cm³/mol. The first kappa shape index (κ1) is 17.7. The van der Waals surface area contributed by atoms with Gasteiger partial charge in [0, 0.05) is 6.54 Å². The molecule has 0 bridgehead atoms. The largest absolute Gasteiger partial charge is 0.490 e. The summed E-state index contributed by atoms with van der Waals surface area (Å²) in [5.74, 6) is 0.729. The smallest absolute Gasteiger partial charge is 0.240 e. The number of hydrogen-bond acceptors (Lipinski definition) is 4. The van der Waals surface area contributed by atoms with Gasteiger partial charge in [0.2, 0.25) is 10.0 Å². The average Bonchev–Trinajstić information content (AvgIpc) is 3.18. The monoisotopic (exact) mass is 353 g/mol. The molecule has 2 fully saturated rings. The van der Waals surface area contributed by atoms with Gasteiger partial charge in [0.1, 0.15) is 5.75 Å². The highest BCUT2D eigenvalue weighted by Gasteiger charge is 2.32. The zero-order valence-corrected chi connectivity index (χ0v) is 15.1. The molecule has 1 aromatic rings. The molecule has 24 heavy (non-hydrogen) atoms. The van der Waals surface area contributed by atoms with E-state index >= 15 is 0 Å². The van der Waals surface area contributed by atoms with Crippen molar-refractivity contribution >= 4 is 10.0 Å². The summed E-state index contributed by atoms with van der Waals surface area (Å²) in [6.45, 7) is 1.86. The predicted octanol–water partition coefficient (Wildman–Crippen LogP) is 2.90. The normalized spacial score (nSPS) is 21.2. The maximum Gasteiger partial charge on any atom is 0.240 e. The number of ether oxygens (including phenoxy) is 1. The fourth-order valence-corrected chi connectivity index (χ4v) is 5.06. The number of sulfonamides is 1. The molecule has 0 aromatic heterocycles. The number of aliphatic hydroxyl groups is 1. The highest BCUT2D eigenvalue weighted by atomic mass is 32.2. The molecule has 1 aromatic carbocycles. The van der Waals surface area contributed by atoms with E-state index in [-0.39, 0.29) is 17.5 Å². The maximum atomic E-state index is 12.5. The Morgan fingerprint density at radius 3 is 2.50 bits per heavy atom. The van der Waals surface area contributed by atoms with E-state index in [1.54, 1.807) is 25.1 Å². The van der Waals surface area contributed by atoms with Crippen LogP contribution >= 0.6 is 0 Å². The van der Waals surface area contributed by atoms with E-state index in [1.165, 1.54) is 12.8 Å². The van der Waals surface area contributed by atoms with E-state index in [0.29, 0.717) is 18.4 Å². The van der Waals surface area contributed by atoms with Crippen LogP contribution in [-0.4, -0.2) is 31.8 Å². The van der Waals surface area contributed by atoms with Crippen molar-refractivity contribution in [1.82, 2.24) is 4.72 Å². The topological polar surface area (TPSA) is 75.6 Å². The first-order valence-corrected chi connectivity index (χ1v) is 10.4. The number of hydrogen-bond donors (Lipinski definition) is 2. The van der Waals surface area contributed by atoms with E-state index in [2.05, 4.69) is 4.72 Å². The van der Waals surface area contributed by atoms with Gasteiger partial charge in [0.15, 0.2) is 0 Å². The SMILES string of the molecule is Cc1cc(OC2CCCC2)ccc1S(=O)(=O)NCC1(O)CCCC1. The molecule has 0 unspecified atom stereocenters. The van der Waals surface area contributed by atoms with Crippen molar-refractivity contribution in [2.24, 2.45) is 0 Å². The molecule has 134 valence electrons. The summed E-state index contributed by atoms with van der Waals surface area (Å²) >= 11 is 0. The van der Waals surface area contributed by atoms with Crippen molar-refractivity contribution in [2.75, 3.05) is 6.54 Å². The van der Waals surface area contributed by atoms with E-state index in [1.807, 2.05) is 0 Å². The first-order valence-electron chi connectivity index (χ1n) is 8.87. The van der Waals surface area contributed by atoms with Gasteiger partial charge >= 0.3 is 0 Å². The van der Waals surface area contributed by atoms with E-state index < -0.39 is 15.6 Å². The molecule has 0 spiro atoms. The van der Waals surface area contributed by atoms with Gasteiger partial charge in [-0.2, -0.15) is 0 Å². The molecular weight excluding hydrogens is 326 g/mol. The van der Waals surface area contributed by atoms with Crippen LogP contribution in [0.4, 0.5) is 0 Å². The van der Waals surface area contributed by atoms with Gasteiger partial charge in [-0.25, -0.2) is 13.1 Å².